The summed E-state index contributed by atoms with van der Waals surface area (Å²) in [5.41, 5.74) is 4.61. The lowest BCUT2D eigenvalue weighted by Gasteiger charge is -2.02. The van der Waals surface area contributed by atoms with Gasteiger partial charge in [-0.1, -0.05) is 0 Å². The first kappa shape index (κ1) is 10.9. The zero-order valence-electron chi connectivity index (χ0n) is 10.2. The van der Waals surface area contributed by atoms with Crippen molar-refractivity contribution >= 4 is 5.65 Å². The third kappa shape index (κ3) is 1.57. The lowest BCUT2D eigenvalue weighted by atomic mass is 10.1. The molecule has 90 valence electrons. The first-order valence-electron chi connectivity index (χ1n) is 5.72. The van der Waals surface area contributed by atoms with Gasteiger partial charge in [0.15, 0.2) is 0 Å². The van der Waals surface area contributed by atoms with Gasteiger partial charge >= 0.3 is 0 Å². The Hall–Kier alpha value is -2.23. The van der Waals surface area contributed by atoms with E-state index in [0.717, 1.165) is 28.2 Å². The highest BCUT2D eigenvalue weighted by atomic mass is 19.1. The van der Waals surface area contributed by atoms with Crippen molar-refractivity contribution in [2.75, 3.05) is 0 Å². The van der Waals surface area contributed by atoms with Crippen molar-refractivity contribution in [3.05, 3.63) is 53.9 Å². The maximum Gasteiger partial charge on any atom is 0.139 e. The van der Waals surface area contributed by atoms with Gasteiger partial charge in [-0.15, -0.1) is 0 Å². The zero-order valence-corrected chi connectivity index (χ0v) is 10.2. The monoisotopic (exact) mass is 241 g/mol. The van der Waals surface area contributed by atoms with Crippen molar-refractivity contribution in [2.45, 2.75) is 13.8 Å². The third-order valence-corrected chi connectivity index (χ3v) is 3.12. The molecular weight excluding hydrogens is 229 g/mol. The highest BCUT2D eigenvalue weighted by Gasteiger charge is 2.12. The third-order valence-electron chi connectivity index (χ3n) is 3.12. The Bertz CT molecular complexity index is 731. The van der Waals surface area contributed by atoms with Crippen LogP contribution in [0.5, 0.6) is 0 Å². The van der Waals surface area contributed by atoms with E-state index in [9.17, 15) is 4.39 Å². The molecule has 0 aromatic carbocycles. The molecule has 3 heterocycles. The molecule has 3 aromatic rings. The van der Waals surface area contributed by atoms with Gasteiger partial charge in [-0.25, -0.2) is 9.37 Å². The fraction of sp³-hybridized carbons (Fsp3) is 0.143. The van der Waals surface area contributed by atoms with E-state index >= 15 is 0 Å². The molecule has 3 aromatic heterocycles. The molecule has 0 saturated heterocycles. The number of imidazole rings is 1. The summed E-state index contributed by atoms with van der Waals surface area (Å²) in [4.78, 5) is 8.67. The molecule has 0 amide bonds. The average molecular weight is 241 g/mol. The van der Waals surface area contributed by atoms with Crippen LogP contribution in [0.4, 0.5) is 4.39 Å². The summed E-state index contributed by atoms with van der Waals surface area (Å²) in [5.74, 6) is -0.266. The summed E-state index contributed by atoms with van der Waals surface area (Å²) in [6.07, 6.45) is 5.00. The lowest BCUT2D eigenvalue weighted by molar-refractivity contribution is 0.618. The summed E-state index contributed by atoms with van der Waals surface area (Å²) in [5, 5.41) is 0. The Morgan fingerprint density at radius 1 is 1.17 bits per heavy atom. The summed E-state index contributed by atoms with van der Waals surface area (Å²) in [6, 6.07) is 5.04. The van der Waals surface area contributed by atoms with Gasteiger partial charge in [-0.05, 0) is 37.6 Å². The predicted octanol–water partition coefficient (Wildman–Crippen LogP) is 3.15. The minimum absolute atomic E-state index is 0.266. The number of aromatic nitrogens is 3. The second kappa shape index (κ2) is 3.91. The zero-order chi connectivity index (χ0) is 12.7. The Morgan fingerprint density at radius 2 is 2.00 bits per heavy atom. The number of halogens is 1. The first-order chi connectivity index (χ1) is 8.66. The minimum Gasteiger partial charge on any atom is -0.301 e. The van der Waals surface area contributed by atoms with Crippen LogP contribution in [0.15, 0.2) is 36.8 Å². The molecular formula is C14H12FN3. The summed E-state index contributed by atoms with van der Waals surface area (Å²) in [7, 11) is 0. The minimum atomic E-state index is -0.266. The van der Waals surface area contributed by atoms with Crippen LogP contribution in [-0.4, -0.2) is 14.4 Å². The standard InChI is InChI=1S/C14H12FN3/c1-9-5-6-16-7-12(9)14-10(2)18-8-11(15)3-4-13(18)17-14/h3-8H,1-2H3. The van der Waals surface area contributed by atoms with Gasteiger partial charge in [-0.3, -0.25) is 4.98 Å². The quantitative estimate of drug-likeness (QED) is 0.655. The number of rotatable bonds is 1. The maximum atomic E-state index is 13.2. The van der Waals surface area contributed by atoms with Crippen molar-refractivity contribution in [1.29, 1.82) is 0 Å². The van der Waals surface area contributed by atoms with E-state index in [0.29, 0.717) is 0 Å². The van der Waals surface area contributed by atoms with Gasteiger partial charge < -0.3 is 4.40 Å². The topological polar surface area (TPSA) is 30.2 Å². The van der Waals surface area contributed by atoms with Gasteiger partial charge in [-0.2, -0.15) is 0 Å². The normalized spacial score (nSPS) is 11.1. The van der Waals surface area contributed by atoms with E-state index in [2.05, 4.69) is 9.97 Å². The molecule has 18 heavy (non-hydrogen) atoms. The van der Waals surface area contributed by atoms with Crippen LogP contribution in [0.1, 0.15) is 11.3 Å². The predicted molar refractivity (Wildman–Crippen MR) is 67.9 cm³/mol. The summed E-state index contributed by atoms with van der Waals surface area (Å²) < 4.78 is 15.0. The molecule has 0 aliphatic heterocycles. The molecule has 0 saturated carbocycles. The SMILES string of the molecule is Cc1ccncc1-c1nc2ccc(F)cn2c1C. The highest BCUT2D eigenvalue weighted by Crippen LogP contribution is 2.25. The smallest absolute Gasteiger partial charge is 0.139 e. The molecule has 0 aliphatic rings. The van der Waals surface area contributed by atoms with Gasteiger partial charge in [0.25, 0.3) is 0 Å². The molecule has 0 atom stereocenters. The van der Waals surface area contributed by atoms with Crippen LogP contribution >= 0.6 is 0 Å². The van der Waals surface area contributed by atoms with Gasteiger partial charge in [0.1, 0.15) is 11.5 Å². The van der Waals surface area contributed by atoms with Crippen LogP contribution < -0.4 is 0 Å². The average Bonchev–Trinajstić information content (AvgIpc) is 2.68. The first-order valence-corrected chi connectivity index (χ1v) is 5.72. The van der Waals surface area contributed by atoms with Crippen molar-refractivity contribution in [2.24, 2.45) is 0 Å². The van der Waals surface area contributed by atoms with Gasteiger partial charge in [0.05, 0.1) is 5.69 Å². The largest absolute Gasteiger partial charge is 0.301 e. The number of fused-ring (bicyclic) bond motifs is 1. The number of hydrogen-bond donors (Lipinski definition) is 0. The van der Waals surface area contributed by atoms with Crippen LogP contribution in [-0.2, 0) is 0 Å². The molecule has 4 heteroatoms. The molecule has 0 N–H and O–H groups in total. The van der Waals surface area contributed by atoms with E-state index in [1.807, 2.05) is 19.9 Å². The highest BCUT2D eigenvalue weighted by molar-refractivity contribution is 5.68. The van der Waals surface area contributed by atoms with Crippen molar-refractivity contribution in [1.82, 2.24) is 14.4 Å². The molecule has 0 aliphatic carbocycles. The van der Waals surface area contributed by atoms with Crippen LogP contribution in [0.3, 0.4) is 0 Å². The molecule has 3 nitrogen and oxygen atoms in total. The van der Waals surface area contributed by atoms with Crippen molar-refractivity contribution in [3.63, 3.8) is 0 Å². The van der Waals surface area contributed by atoms with Gasteiger partial charge in [0, 0.05) is 29.8 Å². The lowest BCUT2D eigenvalue weighted by Crippen LogP contribution is -1.90. The second-order valence-electron chi connectivity index (χ2n) is 4.31. The van der Waals surface area contributed by atoms with E-state index in [1.54, 1.807) is 22.9 Å². The van der Waals surface area contributed by atoms with Crippen molar-refractivity contribution < 1.29 is 4.39 Å². The second-order valence-corrected chi connectivity index (χ2v) is 4.31. The molecule has 0 unspecified atom stereocenters. The van der Waals surface area contributed by atoms with E-state index in [1.165, 1.54) is 12.3 Å². The van der Waals surface area contributed by atoms with Crippen LogP contribution in [0.25, 0.3) is 16.9 Å². The van der Waals surface area contributed by atoms with E-state index in [4.69, 9.17) is 0 Å². The van der Waals surface area contributed by atoms with E-state index in [-0.39, 0.29) is 5.82 Å². The van der Waals surface area contributed by atoms with Crippen LogP contribution in [0.2, 0.25) is 0 Å². The molecule has 0 bridgehead atoms. The Kier molecular flexibility index (Phi) is 2.37. The Balaban J connectivity index is 2.31. The summed E-state index contributed by atoms with van der Waals surface area (Å²) >= 11 is 0. The maximum absolute atomic E-state index is 13.2. The van der Waals surface area contributed by atoms with Crippen molar-refractivity contribution in [3.8, 4) is 11.3 Å². The van der Waals surface area contributed by atoms with Crippen LogP contribution in [0, 0.1) is 19.7 Å². The fourth-order valence-electron chi connectivity index (χ4n) is 2.10. The fourth-order valence-corrected chi connectivity index (χ4v) is 2.10. The number of hydrogen-bond acceptors (Lipinski definition) is 2. The van der Waals surface area contributed by atoms with Gasteiger partial charge in [0.2, 0.25) is 0 Å². The number of pyridine rings is 2. The Morgan fingerprint density at radius 3 is 2.78 bits per heavy atom. The summed E-state index contributed by atoms with van der Waals surface area (Å²) in [6.45, 7) is 3.95. The molecule has 3 rings (SSSR count). The molecule has 0 spiro atoms. The number of nitrogens with zero attached hydrogens (tertiary/aromatic N) is 3. The molecule has 0 fully saturated rings. The van der Waals surface area contributed by atoms with E-state index < -0.39 is 0 Å². The Labute approximate surface area is 104 Å². The molecule has 0 radical (unpaired) electrons. The number of aryl methyl sites for hydroxylation is 2.